The van der Waals surface area contributed by atoms with Gasteiger partial charge in [-0.3, -0.25) is 0 Å². The Hall–Kier alpha value is 0.423. The van der Waals surface area contributed by atoms with Crippen LogP contribution in [0.2, 0.25) is 15.8 Å². The van der Waals surface area contributed by atoms with Gasteiger partial charge in [0.05, 0.1) is 0 Å². The zero-order valence-corrected chi connectivity index (χ0v) is 10.7. The predicted molar refractivity (Wildman–Crippen MR) is 61.2 cm³/mol. The standard InChI is InChI=1S/C9H24GeN3/c11-7-1-4-10(5-2-8-12)6-3-9-13/h1-9,11-13H2. The van der Waals surface area contributed by atoms with Crippen LogP contribution >= 0.6 is 0 Å². The average Bonchev–Trinajstić information content (AvgIpc) is 2.17. The molecule has 0 atom stereocenters. The Labute approximate surface area is 86.5 Å². The van der Waals surface area contributed by atoms with Crippen molar-refractivity contribution in [2.24, 2.45) is 17.2 Å². The van der Waals surface area contributed by atoms with Gasteiger partial charge in [0.25, 0.3) is 0 Å². The van der Waals surface area contributed by atoms with E-state index in [0.29, 0.717) is 0 Å². The summed E-state index contributed by atoms with van der Waals surface area (Å²) in [6, 6.07) is 0. The van der Waals surface area contributed by atoms with Crippen LogP contribution < -0.4 is 17.2 Å². The molecular weight excluding hydrogens is 223 g/mol. The molecule has 0 aliphatic rings. The summed E-state index contributed by atoms with van der Waals surface area (Å²) < 4.78 is 0. The van der Waals surface area contributed by atoms with Crippen molar-refractivity contribution in [2.75, 3.05) is 19.6 Å². The van der Waals surface area contributed by atoms with Gasteiger partial charge in [-0.15, -0.1) is 0 Å². The maximum absolute atomic E-state index is 5.51. The van der Waals surface area contributed by atoms with Crippen LogP contribution in [-0.4, -0.2) is 34.0 Å². The van der Waals surface area contributed by atoms with Crippen molar-refractivity contribution in [1.82, 2.24) is 0 Å². The monoisotopic (exact) mass is 248 g/mol. The average molecular weight is 247 g/mol. The fourth-order valence-electron chi connectivity index (χ4n) is 1.43. The second kappa shape index (κ2) is 10.5. The molecule has 0 amide bonds. The predicted octanol–water partition coefficient (Wildman–Crippen LogP) is 0.528. The van der Waals surface area contributed by atoms with E-state index in [9.17, 15) is 0 Å². The molecule has 0 rings (SSSR count). The van der Waals surface area contributed by atoms with Crippen LogP contribution in [0.1, 0.15) is 19.3 Å². The van der Waals surface area contributed by atoms with Crippen LogP contribution in [-0.2, 0) is 0 Å². The van der Waals surface area contributed by atoms with E-state index < -0.39 is 14.3 Å². The topological polar surface area (TPSA) is 78.1 Å². The zero-order valence-electron chi connectivity index (χ0n) is 8.60. The van der Waals surface area contributed by atoms with E-state index in [0.717, 1.165) is 19.6 Å². The van der Waals surface area contributed by atoms with Gasteiger partial charge in [0.1, 0.15) is 0 Å². The molecule has 4 heteroatoms. The molecule has 0 unspecified atom stereocenters. The fraction of sp³-hybridized carbons (Fsp3) is 1.00. The summed E-state index contributed by atoms with van der Waals surface area (Å²) in [7, 11) is 0. The van der Waals surface area contributed by atoms with Crippen LogP contribution in [0.5, 0.6) is 0 Å². The normalized spacial score (nSPS) is 11.1. The van der Waals surface area contributed by atoms with Gasteiger partial charge in [0, 0.05) is 0 Å². The zero-order chi connectivity index (χ0) is 9.94. The first-order chi connectivity index (χ1) is 6.35. The Kier molecular flexibility index (Phi) is 10.8. The maximum atomic E-state index is 5.51. The number of nitrogens with two attached hydrogens (primary N) is 3. The first-order valence-corrected chi connectivity index (χ1v) is 9.74. The summed E-state index contributed by atoms with van der Waals surface area (Å²) in [5.74, 6) is 0. The van der Waals surface area contributed by atoms with Gasteiger partial charge in [0.15, 0.2) is 0 Å². The van der Waals surface area contributed by atoms with Gasteiger partial charge in [-0.2, -0.15) is 0 Å². The van der Waals surface area contributed by atoms with Crippen molar-refractivity contribution in [2.45, 2.75) is 35.0 Å². The summed E-state index contributed by atoms with van der Waals surface area (Å²) in [5.41, 5.74) is 16.5. The summed E-state index contributed by atoms with van der Waals surface area (Å²) in [6.07, 6.45) is 3.64. The van der Waals surface area contributed by atoms with Crippen molar-refractivity contribution < 1.29 is 0 Å². The van der Waals surface area contributed by atoms with E-state index >= 15 is 0 Å². The van der Waals surface area contributed by atoms with Crippen molar-refractivity contribution >= 4 is 14.3 Å². The molecule has 0 saturated heterocycles. The first-order valence-electron chi connectivity index (χ1n) is 5.29. The quantitative estimate of drug-likeness (QED) is 0.520. The second-order valence-electron chi connectivity index (χ2n) is 3.43. The molecule has 0 bridgehead atoms. The van der Waals surface area contributed by atoms with E-state index in [2.05, 4.69) is 0 Å². The van der Waals surface area contributed by atoms with Gasteiger partial charge >= 0.3 is 86.2 Å². The van der Waals surface area contributed by atoms with Crippen molar-refractivity contribution in [3.8, 4) is 0 Å². The summed E-state index contributed by atoms with van der Waals surface area (Å²) in [4.78, 5) is 0. The molecule has 0 aromatic carbocycles. The van der Waals surface area contributed by atoms with Crippen LogP contribution in [0, 0.1) is 0 Å². The van der Waals surface area contributed by atoms with E-state index in [4.69, 9.17) is 17.2 Å². The van der Waals surface area contributed by atoms with Gasteiger partial charge in [0.2, 0.25) is 0 Å². The third kappa shape index (κ3) is 8.74. The Balaban J connectivity index is 3.47. The van der Waals surface area contributed by atoms with Crippen molar-refractivity contribution in [1.29, 1.82) is 0 Å². The Morgan fingerprint density at radius 1 is 0.615 bits per heavy atom. The molecule has 0 fully saturated rings. The Morgan fingerprint density at radius 3 is 1.15 bits per heavy atom. The number of hydrogen-bond acceptors (Lipinski definition) is 3. The van der Waals surface area contributed by atoms with Gasteiger partial charge < -0.3 is 0 Å². The van der Waals surface area contributed by atoms with E-state index in [1.54, 1.807) is 0 Å². The molecule has 0 aromatic rings. The van der Waals surface area contributed by atoms with Crippen molar-refractivity contribution in [3.63, 3.8) is 0 Å². The summed E-state index contributed by atoms with van der Waals surface area (Å²) in [5, 5.41) is 4.24. The molecular formula is C9H24GeN3. The molecule has 13 heavy (non-hydrogen) atoms. The third-order valence-corrected chi connectivity index (χ3v) is 8.88. The molecule has 0 spiro atoms. The van der Waals surface area contributed by atoms with Crippen LogP contribution in [0.3, 0.4) is 0 Å². The van der Waals surface area contributed by atoms with Gasteiger partial charge in [-0.1, -0.05) is 0 Å². The molecule has 0 heterocycles. The van der Waals surface area contributed by atoms with Crippen LogP contribution in [0.25, 0.3) is 0 Å². The molecule has 0 aromatic heterocycles. The van der Waals surface area contributed by atoms with E-state index in [-0.39, 0.29) is 0 Å². The third-order valence-electron chi connectivity index (χ3n) is 2.20. The van der Waals surface area contributed by atoms with Crippen LogP contribution in [0.15, 0.2) is 0 Å². The molecule has 1 radical (unpaired) electrons. The molecule has 0 aliphatic heterocycles. The minimum atomic E-state index is -0.792. The molecule has 79 valence electrons. The first kappa shape index (κ1) is 13.4. The molecule has 6 N–H and O–H groups in total. The SMILES string of the molecule is NCC[CH2][Ge]([CH2]CCN)[CH2]CCN. The van der Waals surface area contributed by atoms with Crippen LogP contribution in [0.4, 0.5) is 0 Å². The second-order valence-corrected chi connectivity index (χ2v) is 9.72. The minimum absolute atomic E-state index is 0.792. The summed E-state index contributed by atoms with van der Waals surface area (Å²) >= 11 is -0.792. The van der Waals surface area contributed by atoms with Crippen molar-refractivity contribution in [3.05, 3.63) is 0 Å². The van der Waals surface area contributed by atoms with E-state index in [1.165, 1.54) is 35.0 Å². The summed E-state index contributed by atoms with van der Waals surface area (Å²) in [6.45, 7) is 2.55. The number of hydrogen-bond donors (Lipinski definition) is 3. The van der Waals surface area contributed by atoms with Gasteiger partial charge in [-0.25, -0.2) is 0 Å². The van der Waals surface area contributed by atoms with Gasteiger partial charge in [-0.05, 0) is 0 Å². The molecule has 3 nitrogen and oxygen atoms in total. The fourth-order valence-corrected chi connectivity index (χ4v) is 7.44. The Bertz CT molecular complexity index is 81.8. The Morgan fingerprint density at radius 2 is 0.923 bits per heavy atom. The number of rotatable bonds is 9. The molecule has 0 aliphatic carbocycles. The molecule has 0 saturated carbocycles. The van der Waals surface area contributed by atoms with E-state index in [1.807, 2.05) is 0 Å².